The van der Waals surface area contributed by atoms with Gasteiger partial charge in [0.05, 0.1) is 6.10 Å². The van der Waals surface area contributed by atoms with Crippen LogP contribution in [-0.2, 0) is 0 Å². The molecular weight excluding hydrogens is 148 g/mol. The van der Waals surface area contributed by atoms with Crippen molar-refractivity contribution in [3.8, 4) is 0 Å². The fourth-order valence-electron chi connectivity index (χ4n) is 3.03. The molecule has 0 amide bonds. The van der Waals surface area contributed by atoms with Crippen molar-refractivity contribution in [3.63, 3.8) is 0 Å². The fraction of sp³-hybridized carbons (Fsp3) is 0.818. The summed E-state index contributed by atoms with van der Waals surface area (Å²) in [5.74, 6) is 2.70. The molecule has 5 atom stereocenters. The van der Waals surface area contributed by atoms with Crippen LogP contribution in [0.2, 0.25) is 0 Å². The van der Waals surface area contributed by atoms with Crippen LogP contribution in [0.1, 0.15) is 26.7 Å². The van der Waals surface area contributed by atoms with Gasteiger partial charge in [-0.2, -0.15) is 0 Å². The van der Waals surface area contributed by atoms with Crippen molar-refractivity contribution in [2.45, 2.75) is 32.8 Å². The number of hydrogen-bond acceptors (Lipinski definition) is 1. The monoisotopic (exact) mass is 166 g/mol. The van der Waals surface area contributed by atoms with Gasteiger partial charge in [-0.25, -0.2) is 0 Å². The van der Waals surface area contributed by atoms with Crippen LogP contribution in [-0.4, -0.2) is 11.2 Å². The molecule has 0 aliphatic heterocycles. The molecule has 1 nitrogen and oxygen atoms in total. The third-order valence-electron chi connectivity index (χ3n) is 3.79. The van der Waals surface area contributed by atoms with Crippen molar-refractivity contribution in [1.29, 1.82) is 0 Å². The van der Waals surface area contributed by atoms with E-state index >= 15 is 0 Å². The van der Waals surface area contributed by atoms with Gasteiger partial charge in [0.25, 0.3) is 0 Å². The normalized spacial score (nSPS) is 52.4. The lowest BCUT2D eigenvalue weighted by Gasteiger charge is -2.33. The molecule has 0 aromatic carbocycles. The zero-order valence-corrected chi connectivity index (χ0v) is 7.90. The molecule has 0 radical (unpaired) electrons. The summed E-state index contributed by atoms with van der Waals surface area (Å²) < 4.78 is 0. The molecule has 0 bridgehead atoms. The third kappa shape index (κ3) is 1.11. The summed E-state index contributed by atoms with van der Waals surface area (Å²) in [6.07, 6.45) is 6.63. The van der Waals surface area contributed by atoms with Gasteiger partial charge < -0.3 is 5.11 Å². The molecule has 1 heteroatoms. The van der Waals surface area contributed by atoms with E-state index in [2.05, 4.69) is 19.9 Å². The lowest BCUT2D eigenvalue weighted by molar-refractivity contribution is 0.0808. The number of rotatable bonds is 0. The predicted octanol–water partition coefficient (Wildman–Crippen LogP) is 2.22. The summed E-state index contributed by atoms with van der Waals surface area (Å²) in [5, 5.41) is 9.78. The van der Waals surface area contributed by atoms with E-state index in [0.717, 1.165) is 11.8 Å². The van der Waals surface area contributed by atoms with Crippen LogP contribution < -0.4 is 0 Å². The summed E-state index contributed by atoms with van der Waals surface area (Å²) in [5.41, 5.74) is 0. The minimum atomic E-state index is -0.163. The predicted molar refractivity (Wildman–Crippen MR) is 49.7 cm³/mol. The molecule has 1 saturated carbocycles. The van der Waals surface area contributed by atoms with Crippen LogP contribution in [0.25, 0.3) is 0 Å². The van der Waals surface area contributed by atoms with E-state index in [4.69, 9.17) is 0 Å². The highest BCUT2D eigenvalue weighted by Crippen LogP contribution is 2.45. The van der Waals surface area contributed by atoms with E-state index in [1.165, 1.54) is 12.8 Å². The Kier molecular flexibility index (Phi) is 1.99. The first-order chi connectivity index (χ1) is 5.70. The van der Waals surface area contributed by atoms with E-state index < -0.39 is 0 Å². The first kappa shape index (κ1) is 8.31. The SMILES string of the molecule is C[C@H]1C=C[C@@H](O)[C@H]2[C@@H]1CC[C@@H]2C. The van der Waals surface area contributed by atoms with Crippen molar-refractivity contribution in [2.24, 2.45) is 23.7 Å². The number of aliphatic hydroxyl groups excluding tert-OH is 1. The Morgan fingerprint density at radius 2 is 1.92 bits per heavy atom. The third-order valence-corrected chi connectivity index (χ3v) is 3.79. The number of fused-ring (bicyclic) bond motifs is 1. The van der Waals surface area contributed by atoms with Crippen LogP contribution in [0.3, 0.4) is 0 Å². The highest BCUT2D eigenvalue weighted by Gasteiger charge is 2.41. The molecule has 0 aromatic rings. The molecule has 0 unspecified atom stereocenters. The zero-order valence-electron chi connectivity index (χ0n) is 7.90. The van der Waals surface area contributed by atoms with Gasteiger partial charge in [0.2, 0.25) is 0 Å². The van der Waals surface area contributed by atoms with E-state index in [1.807, 2.05) is 6.08 Å². The minimum Gasteiger partial charge on any atom is -0.389 e. The summed E-state index contributed by atoms with van der Waals surface area (Å²) in [6, 6.07) is 0. The lowest BCUT2D eigenvalue weighted by Crippen LogP contribution is -2.32. The van der Waals surface area contributed by atoms with Crippen LogP contribution in [0.4, 0.5) is 0 Å². The number of hydrogen-bond donors (Lipinski definition) is 1. The van der Waals surface area contributed by atoms with E-state index in [9.17, 15) is 5.11 Å². The standard InChI is InChI=1S/C11H18O/c1-7-4-6-10(12)11-8(2)3-5-9(7)11/h4,6-12H,3,5H2,1-2H3/t7-,8-,9+,10+,11+/m0/s1. The first-order valence-electron chi connectivity index (χ1n) is 5.06. The summed E-state index contributed by atoms with van der Waals surface area (Å²) in [6.45, 7) is 4.55. The maximum absolute atomic E-state index is 9.78. The fourth-order valence-corrected chi connectivity index (χ4v) is 3.03. The van der Waals surface area contributed by atoms with Gasteiger partial charge in [0, 0.05) is 0 Å². The summed E-state index contributed by atoms with van der Waals surface area (Å²) in [4.78, 5) is 0. The Morgan fingerprint density at radius 3 is 2.58 bits per heavy atom. The highest BCUT2D eigenvalue weighted by molar-refractivity contribution is 5.07. The Bertz CT molecular complexity index is 197. The topological polar surface area (TPSA) is 20.2 Å². The van der Waals surface area contributed by atoms with Crippen molar-refractivity contribution in [1.82, 2.24) is 0 Å². The molecule has 68 valence electrons. The summed E-state index contributed by atoms with van der Waals surface area (Å²) >= 11 is 0. The molecule has 2 aliphatic rings. The molecule has 12 heavy (non-hydrogen) atoms. The second-order valence-corrected chi connectivity index (χ2v) is 4.53. The molecule has 0 saturated heterocycles. The molecule has 1 fully saturated rings. The van der Waals surface area contributed by atoms with Crippen molar-refractivity contribution < 1.29 is 5.11 Å². The minimum absolute atomic E-state index is 0.163. The van der Waals surface area contributed by atoms with Gasteiger partial charge in [-0.05, 0) is 30.1 Å². The molecule has 0 spiro atoms. The zero-order chi connectivity index (χ0) is 8.72. The van der Waals surface area contributed by atoms with Gasteiger partial charge in [-0.3, -0.25) is 0 Å². The average Bonchev–Trinajstić information content (AvgIpc) is 2.42. The van der Waals surface area contributed by atoms with Gasteiger partial charge >= 0.3 is 0 Å². The maximum Gasteiger partial charge on any atom is 0.0754 e. The summed E-state index contributed by atoms with van der Waals surface area (Å²) in [7, 11) is 0. The molecule has 2 rings (SSSR count). The Labute approximate surface area is 74.5 Å². The van der Waals surface area contributed by atoms with Crippen molar-refractivity contribution >= 4 is 0 Å². The largest absolute Gasteiger partial charge is 0.389 e. The van der Waals surface area contributed by atoms with E-state index in [-0.39, 0.29) is 6.10 Å². The van der Waals surface area contributed by atoms with Crippen LogP contribution >= 0.6 is 0 Å². The molecule has 1 N–H and O–H groups in total. The smallest absolute Gasteiger partial charge is 0.0754 e. The van der Waals surface area contributed by atoms with Gasteiger partial charge in [-0.1, -0.05) is 32.4 Å². The highest BCUT2D eigenvalue weighted by atomic mass is 16.3. The molecule has 0 aromatic heterocycles. The van der Waals surface area contributed by atoms with E-state index in [1.54, 1.807) is 0 Å². The van der Waals surface area contributed by atoms with Crippen LogP contribution in [0.5, 0.6) is 0 Å². The van der Waals surface area contributed by atoms with E-state index in [0.29, 0.717) is 11.8 Å². The Morgan fingerprint density at radius 1 is 1.17 bits per heavy atom. The lowest BCUT2D eigenvalue weighted by atomic mass is 9.75. The number of allylic oxidation sites excluding steroid dienone is 1. The molecule has 0 heterocycles. The van der Waals surface area contributed by atoms with Gasteiger partial charge in [0.15, 0.2) is 0 Å². The molecule has 2 aliphatic carbocycles. The van der Waals surface area contributed by atoms with Crippen molar-refractivity contribution in [2.75, 3.05) is 0 Å². The quantitative estimate of drug-likeness (QED) is 0.547. The second kappa shape index (κ2) is 2.88. The first-order valence-corrected chi connectivity index (χ1v) is 5.06. The van der Waals surface area contributed by atoms with Crippen LogP contribution in [0, 0.1) is 23.7 Å². The molecular formula is C11H18O. The Balaban J connectivity index is 2.22. The van der Waals surface area contributed by atoms with Gasteiger partial charge in [0.1, 0.15) is 0 Å². The maximum atomic E-state index is 9.78. The Hall–Kier alpha value is -0.300. The van der Waals surface area contributed by atoms with Crippen LogP contribution in [0.15, 0.2) is 12.2 Å². The number of aliphatic hydroxyl groups is 1. The van der Waals surface area contributed by atoms with Gasteiger partial charge in [-0.15, -0.1) is 0 Å². The average molecular weight is 166 g/mol. The van der Waals surface area contributed by atoms with Crippen molar-refractivity contribution in [3.05, 3.63) is 12.2 Å². The second-order valence-electron chi connectivity index (χ2n) is 4.53.